The summed E-state index contributed by atoms with van der Waals surface area (Å²) in [6.45, 7) is 5.43. The summed E-state index contributed by atoms with van der Waals surface area (Å²) in [4.78, 5) is 2.45. The maximum absolute atomic E-state index is 12.8. The topological polar surface area (TPSA) is 15.3 Å². The van der Waals surface area contributed by atoms with Gasteiger partial charge in [0.15, 0.2) is 0 Å². The maximum atomic E-state index is 12.8. The summed E-state index contributed by atoms with van der Waals surface area (Å²) >= 11 is 0. The lowest BCUT2D eigenvalue weighted by Gasteiger charge is -2.24. The number of rotatable bonds is 2. The van der Waals surface area contributed by atoms with Crippen LogP contribution in [0.3, 0.4) is 0 Å². The number of nitrogens with one attached hydrogen (secondary N) is 1. The lowest BCUT2D eigenvalue weighted by molar-refractivity contribution is 0.244. The fourth-order valence-electron chi connectivity index (χ4n) is 2.10. The first-order valence-electron chi connectivity index (χ1n) is 6.02. The molecule has 1 aliphatic rings. The third-order valence-electron chi connectivity index (χ3n) is 2.98. The molecule has 2 nitrogen and oxygen atoms in total. The normalized spacial score (nSPS) is 19.1. The number of hydrogen-bond donors (Lipinski definition) is 1. The average molecular weight is 222 g/mol. The first kappa shape index (κ1) is 11.6. The molecule has 0 aromatic heterocycles. The zero-order valence-electron chi connectivity index (χ0n) is 9.58. The van der Waals surface area contributed by atoms with Crippen LogP contribution in [0.15, 0.2) is 24.3 Å². The largest absolute Gasteiger partial charge is 0.317 e. The summed E-state index contributed by atoms with van der Waals surface area (Å²) in [7, 11) is 0. The minimum atomic E-state index is -0.152. The molecule has 16 heavy (non-hydrogen) atoms. The predicted octanol–water partition coefficient (Wildman–Crippen LogP) is 2.01. The zero-order valence-corrected chi connectivity index (χ0v) is 9.58. The van der Waals surface area contributed by atoms with Gasteiger partial charge >= 0.3 is 0 Å². The minimum Gasteiger partial charge on any atom is -0.317 e. The van der Waals surface area contributed by atoms with E-state index in [2.05, 4.69) is 10.2 Å². The molecule has 0 unspecified atom stereocenters. The quantitative estimate of drug-likeness (QED) is 0.823. The van der Waals surface area contributed by atoms with Gasteiger partial charge in [0.25, 0.3) is 0 Å². The second-order valence-corrected chi connectivity index (χ2v) is 4.36. The highest BCUT2D eigenvalue weighted by Crippen LogP contribution is 2.08. The van der Waals surface area contributed by atoms with Crippen LogP contribution in [0, 0.1) is 5.82 Å². The van der Waals surface area contributed by atoms with Crippen molar-refractivity contribution < 1.29 is 4.39 Å². The molecule has 1 aromatic rings. The fraction of sp³-hybridized carbons (Fsp3) is 0.538. The summed E-state index contributed by atoms with van der Waals surface area (Å²) < 4.78 is 12.8. The summed E-state index contributed by atoms with van der Waals surface area (Å²) in [5.41, 5.74) is 1.20. The van der Waals surface area contributed by atoms with Gasteiger partial charge in [-0.15, -0.1) is 0 Å². The molecule has 0 saturated carbocycles. The second kappa shape index (κ2) is 5.97. The van der Waals surface area contributed by atoms with Gasteiger partial charge in [-0.3, -0.25) is 4.90 Å². The van der Waals surface area contributed by atoms with Crippen molar-refractivity contribution in [3.63, 3.8) is 0 Å². The van der Waals surface area contributed by atoms with Crippen LogP contribution in [0.1, 0.15) is 18.4 Å². The van der Waals surface area contributed by atoms with E-state index < -0.39 is 0 Å². The maximum Gasteiger partial charge on any atom is 0.123 e. The van der Waals surface area contributed by atoms with Gasteiger partial charge in [-0.25, -0.2) is 4.39 Å². The second-order valence-electron chi connectivity index (χ2n) is 4.36. The predicted molar refractivity (Wildman–Crippen MR) is 63.8 cm³/mol. The Morgan fingerprint density at radius 3 is 2.31 bits per heavy atom. The van der Waals surface area contributed by atoms with Gasteiger partial charge < -0.3 is 5.32 Å². The zero-order chi connectivity index (χ0) is 11.2. The highest BCUT2D eigenvalue weighted by Gasteiger charge is 2.08. The van der Waals surface area contributed by atoms with E-state index in [4.69, 9.17) is 0 Å². The molecule has 0 bridgehead atoms. The molecule has 1 saturated heterocycles. The van der Waals surface area contributed by atoms with Gasteiger partial charge in [0.2, 0.25) is 0 Å². The molecule has 3 heteroatoms. The Labute approximate surface area is 96.5 Å². The molecule has 1 aliphatic heterocycles. The van der Waals surface area contributed by atoms with Gasteiger partial charge in [-0.2, -0.15) is 0 Å². The minimum absolute atomic E-state index is 0.152. The molecule has 0 radical (unpaired) electrons. The number of halogens is 1. The number of nitrogens with zero attached hydrogens (tertiary/aromatic N) is 1. The summed E-state index contributed by atoms with van der Waals surface area (Å²) in [5.74, 6) is -0.152. The molecular formula is C13H19FN2. The van der Waals surface area contributed by atoms with Gasteiger partial charge in [0.05, 0.1) is 0 Å². The lowest BCUT2D eigenvalue weighted by Crippen LogP contribution is -2.33. The van der Waals surface area contributed by atoms with Crippen LogP contribution < -0.4 is 5.32 Å². The van der Waals surface area contributed by atoms with Crippen molar-refractivity contribution in [3.8, 4) is 0 Å². The molecule has 2 rings (SSSR count). The summed E-state index contributed by atoms with van der Waals surface area (Å²) in [5, 5.41) is 3.40. The monoisotopic (exact) mass is 222 g/mol. The van der Waals surface area contributed by atoms with Gasteiger partial charge in [-0.05, 0) is 56.7 Å². The van der Waals surface area contributed by atoms with Crippen LogP contribution >= 0.6 is 0 Å². The van der Waals surface area contributed by atoms with Crippen LogP contribution in [0.5, 0.6) is 0 Å². The van der Waals surface area contributed by atoms with E-state index in [1.165, 1.54) is 18.4 Å². The smallest absolute Gasteiger partial charge is 0.123 e. The number of hydrogen-bond acceptors (Lipinski definition) is 2. The van der Waals surface area contributed by atoms with Crippen LogP contribution in [-0.4, -0.2) is 31.1 Å². The Hall–Kier alpha value is -0.930. The van der Waals surface area contributed by atoms with E-state index in [1.807, 2.05) is 12.1 Å². The van der Waals surface area contributed by atoms with Crippen LogP contribution in [0.2, 0.25) is 0 Å². The summed E-state index contributed by atoms with van der Waals surface area (Å²) in [6.07, 6.45) is 2.39. The molecule has 88 valence electrons. The average Bonchev–Trinajstić information content (AvgIpc) is 2.25. The van der Waals surface area contributed by atoms with E-state index in [-0.39, 0.29) is 5.82 Å². The van der Waals surface area contributed by atoms with Crippen molar-refractivity contribution in [1.82, 2.24) is 10.2 Å². The van der Waals surface area contributed by atoms with Crippen molar-refractivity contribution in [2.45, 2.75) is 19.4 Å². The Morgan fingerprint density at radius 2 is 1.69 bits per heavy atom. The van der Waals surface area contributed by atoms with E-state index >= 15 is 0 Å². The first-order valence-corrected chi connectivity index (χ1v) is 6.02. The third-order valence-corrected chi connectivity index (χ3v) is 2.98. The molecule has 0 atom stereocenters. The molecule has 1 fully saturated rings. The molecule has 0 aliphatic carbocycles. The highest BCUT2D eigenvalue weighted by molar-refractivity contribution is 5.15. The molecule has 1 N–H and O–H groups in total. The van der Waals surface area contributed by atoms with Crippen molar-refractivity contribution in [3.05, 3.63) is 35.6 Å². The Bertz CT molecular complexity index is 302. The van der Waals surface area contributed by atoms with E-state index in [9.17, 15) is 4.39 Å². The first-order chi connectivity index (χ1) is 7.84. The van der Waals surface area contributed by atoms with Crippen LogP contribution in [-0.2, 0) is 6.54 Å². The van der Waals surface area contributed by atoms with Crippen molar-refractivity contribution in [2.75, 3.05) is 26.2 Å². The van der Waals surface area contributed by atoms with Crippen molar-refractivity contribution in [1.29, 1.82) is 0 Å². The molecule has 1 aromatic carbocycles. The SMILES string of the molecule is Fc1ccc(CN2CCCNCCC2)cc1. The molecule has 1 heterocycles. The van der Waals surface area contributed by atoms with Crippen LogP contribution in [0.25, 0.3) is 0 Å². The third kappa shape index (κ3) is 3.58. The van der Waals surface area contributed by atoms with Crippen molar-refractivity contribution >= 4 is 0 Å². The van der Waals surface area contributed by atoms with Crippen LogP contribution in [0.4, 0.5) is 4.39 Å². The Kier molecular flexibility index (Phi) is 4.31. The number of benzene rings is 1. The molecule has 0 amide bonds. The molecular weight excluding hydrogens is 203 g/mol. The van der Waals surface area contributed by atoms with E-state index in [1.54, 1.807) is 12.1 Å². The van der Waals surface area contributed by atoms with Gasteiger partial charge in [0.1, 0.15) is 5.82 Å². The van der Waals surface area contributed by atoms with E-state index in [0.29, 0.717) is 0 Å². The fourth-order valence-corrected chi connectivity index (χ4v) is 2.10. The van der Waals surface area contributed by atoms with Gasteiger partial charge in [-0.1, -0.05) is 12.1 Å². The summed E-state index contributed by atoms with van der Waals surface area (Å²) in [6, 6.07) is 6.85. The highest BCUT2D eigenvalue weighted by atomic mass is 19.1. The lowest BCUT2D eigenvalue weighted by atomic mass is 10.2. The Balaban J connectivity index is 1.89. The van der Waals surface area contributed by atoms with Crippen molar-refractivity contribution in [2.24, 2.45) is 0 Å². The standard InChI is InChI=1S/C13H19FN2/c14-13-5-3-12(4-6-13)11-16-9-1-7-15-8-2-10-16/h3-6,15H,1-2,7-11H2. The Morgan fingerprint density at radius 1 is 1.06 bits per heavy atom. The molecule has 0 spiro atoms. The van der Waals surface area contributed by atoms with Gasteiger partial charge in [0, 0.05) is 6.54 Å². The van der Waals surface area contributed by atoms with E-state index in [0.717, 1.165) is 32.7 Å².